The van der Waals surface area contributed by atoms with E-state index in [4.69, 9.17) is 16.3 Å². The number of halogens is 1. The van der Waals surface area contributed by atoms with Crippen LogP contribution in [0.3, 0.4) is 0 Å². The second kappa shape index (κ2) is 8.41. The van der Waals surface area contributed by atoms with E-state index in [2.05, 4.69) is 22.3 Å². The van der Waals surface area contributed by atoms with E-state index in [0.717, 1.165) is 38.2 Å². The molecule has 0 radical (unpaired) electrons. The Bertz CT molecular complexity index is 843. The Morgan fingerprint density at radius 2 is 2.11 bits per heavy atom. The highest BCUT2D eigenvalue weighted by Crippen LogP contribution is 2.37. The minimum absolute atomic E-state index is 0.186. The zero-order valence-electron chi connectivity index (χ0n) is 15.8. The van der Waals surface area contributed by atoms with Crippen LogP contribution in [0.4, 0.5) is 0 Å². The number of likely N-dealkylation sites (tertiary alicyclic amines) is 1. The maximum atomic E-state index is 12.5. The largest absolute Gasteiger partial charge is 0.497 e. The average molecular weight is 421 g/mol. The predicted molar refractivity (Wildman–Crippen MR) is 111 cm³/mol. The van der Waals surface area contributed by atoms with E-state index in [1.54, 1.807) is 18.6 Å². The molecular weight excluding hydrogens is 396 g/mol. The van der Waals surface area contributed by atoms with E-state index >= 15 is 0 Å². The van der Waals surface area contributed by atoms with Gasteiger partial charge in [-0.3, -0.25) is 9.69 Å². The van der Waals surface area contributed by atoms with Gasteiger partial charge in [0.25, 0.3) is 5.91 Å². The van der Waals surface area contributed by atoms with E-state index in [0.29, 0.717) is 21.7 Å². The van der Waals surface area contributed by atoms with E-state index in [9.17, 15) is 9.90 Å². The summed E-state index contributed by atoms with van der Waals surface area (Å²) >= 11 is 7.39. The molecule has 1 aromatic heterocycles. The van der Waals surface area contributed by atoms with Crippen molar-refractivity contribution < 1.29 is 14.6 Å². The number of carbonyl (C=O) groups excluding carboxylic acids is 1. The van der Waals surface area contributed by atoms with Crippen molar-refractivity contribution >= 4 is 28.8 Å². The lowest BCUT2D eigenvalue weighted by atomic mass is 9.77. The molecule has 2 fully saturated rings. The number of thiophene rings is 1. The van der Waals surface area contributed by atoms with Crippen molar-refractivity contribution in [1.82, 2.24) is 10.2 Å². The third-order valence-corrected chi connectivity index (χ3v) is 7.24. The molecule has 2 heterocycles. The highest BCUT2D eigenvalue weighted by atomic mass is 35.5. The first-order valence-electron chi connectivity index (χ1n) is 9.60. The lowest BCUT2D eigenvalue weighted by Crippen LogP contribution is -2.49. The molecule has 1 saturated carbocycles. The monoisotopic (exact) mass is 420 g/mol. The first-order chi connectivity index (χ1) is 13.5. The molecule has 0 spiro atoms. The van der Waals surface area contributed by atoms with E-state index in [1.165, 1.54) is 16.9 Å². The highest BCUT2D eigenvalue weighted by Gasteiger charge is 2.42. The van der Waals surface area contributed by atoms with Crippen molar-refractivity contribution in [1.29, 1.82) is 0 Å². The SMILES string of the molecule is COc1cccc(CN2C[C@H]3C[C@H](O)[C@@H](NC(=O)c4sccc4Cl)C[C@H]3C2)c1. The van der Waals surface area contributed by atoms with Crippen molar-refractivity contribution in [3.05, 3.63) is 51.2 Å². The van der Waals surface area contributed by atoms with Crippen molar-refractivity contribution in [3.8, 4) is 5.75 Å². The van der Waals surface area contributed by atoms with Crippen molar-refractivity contribution in [2.75, 3.05) is 20.2 Å². The van der Waals surface area contributed by atoms with Gasteiger partial charge in [-0.05, 0) is 53.8 Å². The van der Waals surface area contributed by atoms with E-state index in [1.807, 2.05) is 12.1 Å². The van der Waals surface area contributed by atoms with Crippen LogP contribution in [-0.4, -0.2) is 48.3 Å². The summed E-state index contributed by atoms with van der Waals surface area (Å²) in [6.07, 6.45) is 1.01. The molecule has 0 unspecified atom stereocenters. The van der Waals surface area contributed by atoms with Crippen molar-refractivity contribution in [2.45, 2.75) is 31.5 Å². The minimum Gasteiger partial charge on any atom is -0.497 e. The Morgan fingerprint density at radius 3 is 2.82 bits per heavy atom. The number of ether oxygens (including phenoxy) is 1. The molecule has 1 aromatic carbocycles. The van der Waals surface area contributed by atoms with Crippen LogP contribution in [0.2, 0.25) is 5.02 Å². The normalized spacial score (nSPS) is 27.4. The standard InChI is InChI=1S/C21H25ClN2O3S/c1-27-16-4-2-3-13(7-16)10-24-11-14-8-18(19(25)9-15(14)12-24)23-21(26)20-17(22)5-6-28-20/h2-7,14-15,18-19,25H,8-12H2,1H3,(H,23,26)/t14-,15+,18-,19-/m0/s1. The lowest BCUT2D eigenvalue weighted by molar-refractivity contribution is 0.0463. The van der Waals surface area contributed by atoms with Crippen LogP contribution in [0, 0.1) is 11.8 Å². The molecule has 2 N–H and O–H groups in total. The van der Waals surface area contributed by atoms with Crippen LogP contribution >= 0.6 is 22.9 Å². The molecule has 1 aliphatic heterocycles. The summed E-state index contributed by atoms with van der Waals surface area (Å²) in [5.41, 5.74) is 1.23. The Kier molecular flexibility index (Phi) is 5.92. The topological polar surface area (TPSA) is 61.8 Å². The minimum atomic E-state index is -0.513. The molecule has 5 nitrogen and oxygen atoms in total. The fraction of sp³-hybridized carbons (Fsp3) is 0.476. The number of carbonyl (C=O) groups is 1. The number of fused-ring (bicyclic) bond motifs is 1. The highest BCUT2D eigenvalue weighted by molar-refractivity contribution is 7.12. The van der Waals surface area contributed by atoms with Gasteiger partial charge in [-0.2, -0.15) is 0 Å². The number of rotatable bonds is 5. The van der Waals surface area contributed by atoms with Crippen LogP contribution in [0.1, 0.15) is 28.1 Å². The van der Waals surface area contributed by atoms with Gasteiger partial charge in [-0.25, -0.2) is 0 Å². The second-order valence-corrected chi connectivity index (χ2v) is 9.11. The number of benzene rings is 1. The molecule has 28 heavy (non-hydrogen) atoms. The second-order valence-electron chi connectivity index (χ2n) is 7.78. The number of hydrogen-bond acceptors (Lipinski definition) is 5. The summed E-state index contributed by atoms with van der Waals surface area (Å²) in [4.78, 5) is 15.4. The number of nitrogens with one attached hydrogen (secondary N) is 1. The van der Waals surface area contributed by atoms with Crippen LogP contribution in [0.25, 0.3) is 0 Å². The summed E-state index contributed by atoms with van der Waals surface area (Å²) in [6.45, 7) is 2.85. The fourth-order valence-corrected chi connectivity index (χ4v) is 5.57. The Hall–Kier alpha value is -1.60. The average Bonchev–Trinajstić information content (AvgIpc) is 3.27. The number of hydrogen-bond donors (Lipinski definition) is 2. The summed E-state index contributed by atoms with van der Waals surface area (Å²) in [5.74, 6) is 1.64. The third-order valence-electron chi connectivity index (χ3n) is 5.90. The van der Waals surface area contributed by atoms with Gasteiger partial charge in [-0.1, -0.05) is 23.7 Å². The fourth-order valence-electron chi connectivity index (χ4n) is 4.53. The molecule has 1 amide bonds. The van der Waals surface area contributed by atoms with Gasteiger partial charge >= 0.3 is 0 Å². The van der Waals surface area contributed by atoms with Crippen molar-refractivity contribution in [2.24, 2.45) is 11.8 Å². The maximum Gasteiger partial charge on any atom is 0.263 e. The molecule has 0 bridgehead atoms. The molecule has 1 saturated heterocycles. The molecule has 4 atom stereocenters. The van der Waals surface area contributed by atoms with Gasteiger partial charge in [0.05, 0.1) is 24.3 Å². The first kappa shape index (κ1) is 19.7. The van der Waals surface area contributed by atoms with Gasteiger partial charge < -0.3 is 15.2 Å². The summed E-state index contributed by atoms with van der Waals surface area (Å²) in [7, 11) is 1.68. The zero-order valence-corrected chi connectivity index (χ0v) is 17.4. The van der Waals surface area contributed by atoms with Crippen molar-refractivity contribution in [3.63, 3.8) is 0 Å². The summed E-state index contributed by atoms with van der Waals surface area (Å²) in [6, 6.07) is 9.67. The van der Waals surface area contributed by atoms with Crippen LogP contribution in [0.15, 0.2) is 35.7 Å². The lowest BCUT2D eigenvalue weighted by Gasteiger charge is -2.35. The number of aliphatic hydroxyl groups excluding tert-OH is 1. The summed E-state index contributed by atoms with van der Waals surface area (Å²) < 4.78 is 5.32. The van der Waals surface area contributed by atoms with E-state index in [-0.39, 0.29) is 11.9 Å². The molecule has 2 aromatic rings. The molecule has 7 heteroatoms. The third kappa shape index (κ3) is 4.20. The van der Waals surface area contributed by atoms with Crippen LogP contribution in [0.5, 0.6) is 5.75 Å². The number of methoxy groups -OCH3 is 1. The molecule has 2 aliphatic rings. The summed E-state index contributed by atoms with van der Waals surface area (Å²) in [5, 5.41) is 15.9. The Labute approximate surface area is 174 Å². The zero-order chi connectivity index (χ0) is 19.7. The Balaban J connectivity index is 1.37. The van der Waals surface area contributed by atoms with E-state index < -0.39 is 6.10 Å². The first-order valence-corrected chi connectivity index (χ1v) is 10.9. The molecule has 150 valence electrons. The predicted octanol–water partition coefficient (Wildman–Crippen LogP) is 3.41. The quantitative estimate of drug-likeness (QED) is 0.778. The Morgan fingerprint density at radius 1 is 1.32 bits per heavy atom. The van der Waals surface area contributed by atoms with Gasteiger partial charge in [0.2, 0.25) is 0 Å². The van der Waals surface area contributed by atoms with Crippen LogP contribution < -0.4 is 10.1 Å². The van der Waals surface area contributed by atoms with Crippen LogP contribution in [-0.2, 0) is 6.54 Å². The number of nitrogens with zero attached hydrogens (tertiary/aromatic N) is 1. The smallest absolute Gasteiger partial charge is 0.263 e. The van der Waals surface area contributed by atoms with Gasteiger partial charge in [0, 0.05) is 19.6 Å². The van der Waals surface area contributed by atoms with Gasteiger partial charge in [-0.15, -0.1) is 11.3 Å². The molecular formula is C21H25ClN2O3S. The maximum absolute atomic E-state index is 12.5. The molecule has 4 rings (SSSR count). The molecule has 1 aliphatic carbocycles. The number of amides is 1. The van der Waals surface area contributed by atoms with Gasteiger partial charge in [0.1, 0.15) is 10.6 Å². The number of aliphatic hydroxyl groups is 1. The van der Waals surface area contributed by atoms with Gasteiger partial charge in [0.15, 0.2) is 0 Å².